The zero-order valence-electron chi connectivity index (χ0n) is 11.0. The van der Waals surface area contributed by atoms with E-state index in [1.54, 1.807) is 0 Å². The van der Waals surface area contributed by atoms with Gasteiger partial charge in [-0.3, -0.25) is 4.90 Å². The first-order valence-corrected chi connectivity index (χ1v) is 7.10. The minimum absolute atomic E-state index is 0.539. The van der Waals surface area contributed by atoms with Crippen molar-refractivity contribution in [3.8, 4) is 0 Å². The lowest BCUT2D eigenvalue weighted by Crippen LogP contribution is -2.45. The largest absolute Gasteiger partial charge is 0.325 e. The Kier molecular flexibility index (Phi) is 2.56. The molecule has 1 unspecified atom stereocenters. The molecule has 19 heavy (non-hydrogen) atoms. The van der Waals surface area contributed by atoms with Crippen LogP contribution in [0.25, 0.3) is 0 Å². The molecule has 2 aliphatic rings. The molecule has 0 radical (unpaired) electrons. The van der Waals surface area contributed by atoms with E-state index >= 15 is 0 Å². The molecule has 1 saturated heterocycles. The number of fused-ring (bicyclic) bond motifs is 2. The highest BCUT2D eigenvalue weighted by molar-refractivity contribution is 5.68. The fraction of sp³-hybridized carbons (Fsp3) is 0.294. The fourth-order valence-electron chi connectivity index (χ4n) is 3.44. The lowest BCUT2D eigenvalue weighted by Gasteiger charge is -2.42. The van der Waals surface area contributed by atoms with Crippen molar-refractivity contribution in [3.63, 3.8) is 0 Å². The van der Waals surface area contributed by atoms with Crippen LogP contribution >= 0.6 is 0 Å². The molecule has 96 valence electrons. The first-order valence-electron chi connectivity index (χ1n) is 7.10. The van der Waals surface area contributed by atoms with Crippen LogP contribution in [-0.2, 0) is 6.54 Å². The second-order valence-electron chi connectivity index (χ2n) is 5.43. The number of nitrogens with zero attached hydrogens (tertiary/aromatic N) is 2. The van der Waals surface area contributed by atoms with E-state index < -0.39 is 0 Å². The Hall–Kier alpha value is -1.80. The summed E-state index contributed by atoms with van der Waals surface area (Å²) in [6.07, 6.45) is 3.11. The third kappa shape index (κ3) is 1.75. The second-order valence-corrected chi connectivity index (χ2v) is 5.43. The number of hydrogen-bond acceptors (Lipinski definition) is 2. The molecule has 2 nitrogen and oxygen atoms in total. The van der Waals surface area contributed by atoms with Crippen molar-refractivity contribution in [1.29, 1.82) is 0 Å². The smallest absolute Gasteiger partial charge is 0.0873 e. The van der Waals surface area contributed by atoms with E-state index in [1.165, 1.54) is 36.3 Å². The van der Waals surface area contributed by atoms with Crippen molar-refractivity contribution >= 4 is 11.4 Å². The van der Waals surface area contributed by atoms with Gasteiger partial charge in [0, 0.05) is 24.5 Å². The molecule has 2 heterocycles. The van der Waals surface area contributed by atoms with Crippen LogP contribution in [0.4, 0.5) is 11.4 Å². The van der Waals surface area contributed by atoms with Crippen LogP contribution in [0.15, 0.2) is 54.6 Å². The van der Waals surface area contributed by atoms with Crippen LogP contribution in [0.1, 0.15) is 18.4 Å². The first kappa shape index (κ1) is 11.1. The van der Waals surface area contributed by atoms with Crippen molar-refractivity contribution in [2.24, 2.45) is 0 Å². The van der Waals surface area contributed by atoms with Gasteiger partial charge in [-0.25, -0.2) is 0 Å². The molecule has 1 fully saturated rings. The molecule has 2 aliphatic heterocycles. The number of benzene rings is 2. The Morgan fingerprint density at radius 3 is 2.58 bits per heavy atom. The van der Waals surface area contributed by atoms with Crippen molar-refractivity contribution < 1.29 is 0 Å². The van der Waals surface area contributed by atoms with Gasteiger partial charge in [0.2, 0.25) is 0 Å². The Morgan fingerprint density at radius 1 is 0.895 bits per heavy atom. The van der Waals surface area contributed by atoms with Crippen LogP contribution in [0.3, 0.4) is 0 Å². The fourth-order valence-corrected chi connectivity index (χ4v) is 3.44. The molecule has 1 atom stereocenters. The molecule has 2 heteroatoms. The van der Waals surface area contributed by atoms with Crippen LogP contribution in [0, 0.1) is 0 Å². The predicted molar refractivity (Wildman–Crippen MR) is 78.5 cm³/mol. The SMILES string of the molecule is c1ccc(N2c3ccccc3CN3CCCC32)cc1. The molecular weight excluding hydrogens is 232 g/mol. The summed E-state index contributed by atoms with van der Waals surface area (Å²) in [4.78, 5) is 5.13. The van der Waals surface area contributed by atoms with Crippen molar-refractivity contribution in [1.82, 2.24) is 4.90 Å². The molecule has 0 spiro atoms. The maximum absolute atomic E-state index is 2.61. The van der Waals surface area contributed by atoms with E-state index in [4.69, 9.17) is 0 Å². The lowest BCUT2D eigenvalue weighted by atomic mass is 10.1. The minimum atomic E-state index is 0.539. The summed E-state index contributed by atoms with van der Waals surface area (Å²) in [5.74, 6) is 0. The summed E-state index contributed by atoms with van der Waals surface area (Å²) in [6, 6.07) is 19.6. The Balaban J connectivity index is 1.86. The Morgan fingerprint density at radius 2 is 1.68 bits per heavy atom. The highest BCUT2D eigenvalue weighted by Crippen LogP contribution is 2.40. The summed E-state index contributed by atoms with van der Waals surface area (Å²) in [7, 11) is 0. The molecule has 0 N–H and O–H groups in total. The van der Waals surface area contributed by atoms with Gasteiger partial charge in [-0.05, 0) is 36.6 Å². The Bertz CT molecular complexity index is 579. The van der Waals surface area contributed by atoms with Gasteiger partial charge in [0.25, 0.3) is 0 Å². The standard InChI is InChI=1S/C17H18N2/c1-2-8-15(9-3-1)19-16-10-5-4-7-14(16)13-18-12-6-11-17(18)19/h1-5,7-10,17H,6,11-13H2. The van der Waals surface area contributed by atoms with E-state index in [-0.39, 0.29) is 0 Å². The number of para-hydroxylation sites is 2. The highest BCUT2D eigenvalue weighted by Gasteiger charge is 2.35. The van der Waals surface area contributed by atoms with Gasteiger partial charge in [-0.1, -0.05) is 36.4 Å². The van der Waals surface area contributed by atoms with Gasteiger partial charge in [-0.2, -0.15) is 0 Å². The van der Waals surface area contributed by atoms with Crippen molar-refractivity contribution in [2.45, 2.75) is 25.6 Å². The molecule has 0 amide bonds. The average molecular weight is 250 g/mol. The first-order chi connectivity index (χ1) is 9.43. The highest BCUT2D eigenvalue weighted by atomic mass is 15.4. The molecule has 4 rings (SSSR count). The van der Waals surface area contributed by atoms with E-state index in [2.05, 4.69) is 64.4 Å². The summed E-state index contributed by atoms with van der Waals surface area (Å²) in [6.45, 7) is 2.33. The minimum Gasteiger partial charge on any atom is -0.325 e. The molecule has 2 aromatic rings. The van der Waals surface area contributed by atoms with E-state index in [0.29, 0.717) is 6.17 Å². The quantitative estimate of drug-likeness (QED) is 0.760. The molecule has 0 aliphatic carbocycles. The van der Waals surface area contributed by atoms with Gasteiger partial charge in [0.05, 0.1) is 6.17 Å². The van der Waals surface area contributed by atoms with E-state index in [9.17, 15) is 0 Å². The summed E-state index contributed by atoms with van der Waals surface area (Å²) < 4.78 is 0. The Labute approximate surface area is 114 Å². The molecule has 0 aromatic heterocycles. The summed E-state index contributed by atoms with van der Waals surface area (Å²) in [5.41, 5.74) is 4.15. The van der Waals surface area contributed by atoms with Gasteiger partial charge in [-0.15, -0.1) is 0 Å². The van der Waals surface area contributed by atoms with Crippen LogP contribution in [0.5, 0.6) is 0 Å². The molecule has 2 aromatic carbocycles. The van der Waals surface area contributed by atoms with Crippen LogP contribution < -0.4 is 4.90 Å². The number of rotatable bonds is 1. The molecule has 0 saturated carbocycles. The van der Waals surface area contributed by atoms with Gasteiger partial charge in [0.1, 0.15) is 0 Å². The number of anilines is 2. The monoisotopic (exact) mass is 250 g/mol. The third-order valence-corrected chi connectivity index (χ3v) is 4.29. The summed E-state index contributed by atoms with van der Waals surface area (Å²) >= 11 is 0. The van der Waals surface area contributed by atoms with Gasteiger partial charge < -0.3 is 4.90 Å². The predicted octanol–water partition coefficient (Wildman–Crippen LogP) is 3.76. The third-order valence-electron chi connectivity index (χ3n) is 4.29. The molecule has 0 bridgehead atoms. The zero-order chi connectivity index (χ0) is 12.7. The van der Waals surface area contributed by atoms with E-state index in [0.717, 1.165) is 6.54 Å². The normalized spacial score (nSPS) is 22.1. The van der Waals surface area contributed by atoms with Crippen LogP contribution in [0.2, 0.25) is 0 Å². The van der Waals surface area contributed by atoms with E-state index in [1.807, 2.05) is 0 Å². The zero-order valence-corrected chi connectivity index (χ0v) is 11.0. The van der Waals surface area contributed by atoms with Gasteiger partial charge in [0.15, 0.2) is 0 Å². The van der Waals surface area contributed by atoms with Crippen molar-refractivity contribution in [3.05, 3.63) is 60.2 Å². The van der Waals surface area contributed by atoms with Crippen molar-refractivity contribution in [2.75, 3.05) is 11.4 Å². The van der Waals surface area contributed by atoms with Gasteiger partial charge >= 0.3 is 0 Å². The molecular formula is C17H18N2. The topological polar surface area (TPSA) is 6.48 Å². The maximum Gasteiger partial charge on any atom is 0.0873 e. The maximum atomic E-state index is 2.61. The average Bonchev–Trinajstić information content (AvgIpc) is 2.93. The lowest BCUT2D eigenvalue weighted by molar-refractivity contribution is 0.236. The second kappa shape index (κ2) is 4.39. The van der Waals surface area contributed by atoms with Crippen LogP contribution in [-0.4, -0.2) is 17.6 Å². The number of hydrogen-bond donors (Lipinski definition) is 0. The summed E-state index contributed by atoms with van der Waals surface area (Å²) in [5, 5.41) is 0.